The molecule has 0 aliphatic heterocycles. The summed E-state index contributed by atoms with van der Waals surface area (Å²) in [5.74, 6) is -0.563. The predicted octanol–water partition coefficient (Wildman–Crippen LogP) is 1.24. The average Bonchev–Trinajstić information content (AvgIpc) is 1.94. The van der Waals surface area contributed by atoms with E-state index in [2.05, 4.69) is 4.98 Å². The lowest BCUT2D eigenvalue weighted by Crippen LogP contribution is -1.93. The molecule has 0 bridgehead atoms. The van der Waals surface area contributed by atoms with Gasteiger partial charge in [-0.05, 0) is 0 Å². The van der Waals surface area contributed by atoms with Gasteiger partial charge in [-0.15, -0.1) is 0 Å². The van der Waals surface area contributed by atoms with E-state index >= 15 is 0 Å². The number of hydrogen-bond acceptors (Lipinski definition) is 3. The lowest BCUT2D eigenvalue weighted by Gasteiger charge is -1.89. The van der Waals surface area contributed by atoms with Gasteiger partial charge >= 0.3 is 5.69 Å². The fraction of sp³-hybridized carbons (Fsp3) is 0. The smallest absolute Gasteiger partial charge is 0.379 e. The van der Waals surface area contributed by atoms with Crippen LogP contribution in [0.3, 0.4) is 0 Å². The fourth-order valence-corrected chi connectivity index (χ4v) is 0.714. The van der Waals surface area contributed by atoms with Crippen molar-refractivity contribution in [3.63, 3.8) is 0 Å². The van der Waals surface area contributed by atoms with Crippen molar-refractivity contribution < 1.29 is 15.2 Å². The van der Waals surface area contributed by atoms with Crippen molar-refractivity contribution in [2.45, 2.75) is 0 Å². The van der Waals surface area contributed by atoms with Gasteiger partial charge in [0.15, 0.2) is 0 Å². The van der Waals surface area contributed by atoms with E-state index in [9.17, 15) is 4.91 Å². The maximum atomic E-state index is 10.2. The van der Waals surface area contributed by atoms with Crippen LogP contribution in [0.4, 0.5) is 5.69 Å². The van der Waals surface area contributed by atoms with E-state index in [1.54, 1.807) is 0 Å². The van der Waals surface area contributed by atoms with Crippen molar-refractivity contribution >= 4 is 17.3 Å². The van der Waals surface area contributed by atoms with Gasteiger partial charge in [-0.1, -0.05) is 11.6 Å². The zero-order valence-corrected chi connectivity index (χ0v) is 5.99. The van der Waals surface area contributed by atoms with Crippen LogP contribution < -0.4 is 0 Å². The zero-order chi connectivity index (χ0) is 8.43. The number of pyridine rings is 1. The summed E-state index contributed by atoms with van der Waals surface area (Å²) in [7, 11) is 0. The summed E-state index contributed by atoms with van der Waals surface area (Å²) in [6.07, 6.45) is 1.16. The molecule has 0 aliphatic rings. The van der Waals surface area contributed by atoms with Crippen molar-refractivity contribution in [2.24, 2.45) is 0 Å². The third-order valence-corrected chi connectivity index (χ3v) is 1.23. The Bertz CT molecular complexity index is 302. The first-order valence-electron chi connectivity index (χ1n) is 2.62. The molecule has 0 aliphatic carbocycles. The van der Waals surface area contributed by atoms with Crippen LogP contribution in [-0.4, -0.2) is 20.2 Å². The Morgan fingerprint density at radius 1 is 1.64 bits per heavy atom. The lowest BCUT2D eigenvalue weighted by atomic mass is 10.4. The van der Waals surface area contributed by atoms with Crippen LogP contribution in [0.2, 0.25) is 5.02 Å². The first-order chi connectivity index (χ1) is 5.11. The highest BCUT2D eigenvalue weighted by Crippen LogP contribution is 2.24. The SMILES string of the molecule is O=[N+](O)c1cc(Cl)cnc1O. The minimum Gasteiger partial charge on any atom is -0.488 e. The van der Waals surface area contributed by atoms with Crippen molar-refractivity contribution in [1.82, 2.24) is 4.98 Å². The van der Waals surface area contributed by atoms with E-state index in [1.165, 1.54) is 0 Å². The minimum absolute atomic E-state index is 0.160. The molecule has 1 rings (SSSR count). The Kier molecular flexibility index (Phi) is 1.91. The molecule has 0 atom stereocenters. The van der Waals surface area contributed by atoms with E-state index in [4.69, 9.17) is 21.9 Å². The maximum absolute atomic E-state index is 10.2. The number of nitrogens with zero attached hydrogens (tertiary/aromatic N) is 2. The Morgan fingerprint density at radius 3 is 2.73 bits per heavy atom. The van der Waals surface area contributed by atoms with Gasteiger partial charge in [0.05, 0.1) is 16.1 Å². The lowest BCUT2D eigenvalue weighted by molar-refractivity contribution is -0.730. The van der Waals surface area contributed by atoms with Gasteiger partial charge in [0.2, 0.25) is 0 Å². The molecule has 1 aromatic rings. The van der Waals surface area contributed by atoms with E-state index in [-0.39, 0.29) is 10.7 Å². The Balaban J connectivity index is 3.23. The molecule has 6 heteroatoms. The van der Waals surface area contributed by atoms with Crippen LogP contribution in [0, 0.1) is 4.91 Å². The summed E-state index contributed by atoms with van der Waals surface area (Å²) in [5, 5.41) is 17.3. The molecule has 5 nitrogen and oxygen atoms in total. The van der Waals surface area contributed by atoms with Gasteiger partial charge in [0, 0.05) is 6.07 Å². The van der Waals surface area contributed by atoms with Crippen LogP contribution in [0.25, 0.3) is 0 Å². The van der Waals surface area contributed by atoms with Gasteiger partial charge < -0.3 is 5.11 Å². The van der Waals surface area contributed by atoms with E-state index in [0.717, 1.165) is 12.3 Å². The summed E-state index contributed by atoms with van der Waals surface area (Å²) in [6.45, 7) is 0. The Hall–Kier alpha value is -1.36. The largest absolute Gasteiger partial charge is 0.488 e. The fourth-order valence-electron chi connectivity index (χ4n) is 0.562. The van der Waals surface area contributed by atoms with Crippen LogP contribution in [-0.2, 0) is 0 Å². The second-order valence-electron chi connectivity index (χ2n) is 1.77. The average molecular weight is 176 g/mol. The highest BCUT2D eigenvalue weighted by molar-refractivity contribution is 6.30. The molecule has 0 amide bonds. The van der Waals surface area contributed by atoms with Crippen LogP contribution >= 0.6 is 11.6 Å². The zero-order valence-electron chi connectivity index (χ0n) is 5.23. The summed E-state index contributed by atoms with van der Waals surface area (Å²) in [4.78, 5) is 13.0. The summed E-state index contributed by atoms with van der Waals surface area (Å²) in [6, 6.07) is 1.09. The third kappa shape index (κ3) is 1.56. The molecule has 0 unspecified atom stereocenters. The monoisotopic (exact) mass is 175 g/mol. The molecule has 0 saturated carbocycles. The van der Waals surface area contributed by atoms with Gasteiger partial charge in [-0.25, -0.2) is 10.2 Å². The highest BCUT2D eigenvalue weighted by atomic mass is 35.5. The molecule has 2 N–H and O–H groups in total. The summed E-state index contributed by atoms with van der Waals surface area (Å²) >= 11 is 5.41. The molecule has 0 radical (unpaired) electrons. The van der Waals surface area contributed by atoms with E-state index in [0.29, 0.717) is 0 Å². The van der Waals surface area contributed by atoms with Gasteiger partial charge in [0.1, 0.15) is 0 Å². The standard InChI is InChI=1S/C5H3ClN2O3/c6-3-1-4(8(10)11)5(9)7-2-3/h1-2H,(H-,7,9,10,11)/p+1. The minimum atomic E-state index is -0.563. The Morgan fingerprint density at radius 2 is 2.27 bits per heavy atom. The topological polar surface area (TPSA) is 73.4 Å². The first-order valence-corrected chi connectivity index (χ1v) is 2.99. The number of rotatable bonds is 1. The van der Waals surface area contributed by atoms with E-state index < -0.39 is 10.8 Å². The Labute approximate surface area is 66.4 Å². The molecule has 0 aromatic carbocycles. The van der Waals surface area contributed by atoms with Crippen LogP contribution in [0.5, 0.6) is 5.88 Å². The summed E-state index contributed by atoms with van der Waals surface area (Å²) < 4.78 is 0. The van der Waals surface area contributed by atoms with Crippen molar-refractivity contribution in [3.05, 3.63) is 22.2 Å². The highest BCUT2D eigenvalue weighted by Gasteiger charge is 2.19. The third-order valence-electron chi connectivity index (χ3n) is 1.02. The number of aromatic nitrogens is 1. The summed E-state index contributed by atoms with van der Waals surface area (Å²) in [5.41, 5.74) is -0.377. The molecule has 11 heavy (non-hydrogen) atoms. The number of aromatic hydroxyl groups is 1. The number of halogens is 1. The van der Waals surface area contributed by atoms with Gasteiger partial charge in [-0.2, -0.15) is 0 Å². The van der Waals surface area contributed by atoms with Crippen LogP contribution in [0.15, 0.2) is 12.3 Å². The molecule has 1 aromatic heterocycles. The molecule has 0 fully saturated rings. The first kappa shape index (κ1) is 7.74. The molecular formula is C5H4ClN2O3+. The van der Waals surface area contributed by atoms with Crippen molar-refractivity contribution in [1.29, 1.82) is 0 Å². The maximum Gasteiger partial charge on any atom is 0.379 e. The molecular weight excluding hydrogens is 172 g/mol. The van der Waals surface area contributed by atoms with Gasteiger partial charge in [0.25, 0.3) is 10.8 Å². The molecule has 1 heterocycles. The second-order valence-corrected chi connectivity index (χ2v) is 2.21. The quantitative estimate of drug-likeness (QED) is 0.630. The van der Waals surface area contributed by atoms with Crippen molar-refractivity contribution in [3.8, 4) is 5.88 Å². The second kappa shape index (κ2) is 2.71. The molecule has 0 spiro atoms. The van der Waals surface area contributed by atoms with E-state index in [1.807, 2.05) is 0 Å². The van der Waals surface area contributed by atoms with Crippen molar-refractivity contribution in [2.75, 3.05) is 0 Å². The number of hydrogen-bond donors (Lipinski definition) is 2. The van der Waals surface area contributed by atoms with Crippen LogP contribution in [0.1, 0.15) is 0 Å². The molecule has 0 saturated heterocycles. The normalized spacial score (nSPS) is 9.55. The van der Waals surface area contributed by atoms with Gasteiger partial charge in [-0.3, -0.25) is 0 Å². The predicted molar refractivity (Wildman–Crippen MR) is 36.0 cm³/mol. The molecule has 58 valence electrons.